The van der Waals surface area contributed by atoms with E-state index in [4.69, 9.17) is 9.47 Å². The molecule has 0 aliphatic carbocycles. The number of amides is 2. The van der Waals surface area contributed by atoms with E-state index in [1.807, 2.05) is 64.1 Å². The number of piperidine rings is 1. The van der Waals surface area contributed by atoms with Crippen molar-refractivity contribution in [3.8, 4) is 11.5 Å². The van der Waals surface area contributed by atoms with Crippen molar-refractivity contribution < 1.29 is 23.5 Å². The number of nitrogens with zero attached hydrogens (tertiary/aromatic N) is 4. The molecule has 4 aromatic rings. The highest BCUT2D eigenvalue weighted by Crippen LogP contribution is 2.31. The number of rotatable bonds is 13. The van der Waals surface area contributed by atoms with Crippen molar-refractivity contribution in [2.24, 2.45) is 5.92 Å². The van der Waals surface area contributed by atoms with Gasteiger partial charge in [-0.1, -0.05) is 37.3 Å². The normalized spacial score (nSPS) is 15.2. The molecule has 2 atom stereocenters. The lowest BCUT2D eigenvalue weighted by Crippen LogP contribution is -2.34. The minimum Gasteiger partial charge on any atom is -0.490 e. The number of carbonyl (C=O) groups is 2. The van der Waals surface area contributed by atoms with Crippen LogP contribution in [0.5, 0.6) is 11.5 Å². The Bertz CT molecular complexity index is 1770. The fourth-order valence-electron chi connectivity index (χ4n) is 5.96. The smallest absolute Gasteiger partial charge is 0.425 e. The van der Waals surface area contributed by atoms with E-state index < -0.39 is 11.9 Å². The summed E-state index contributed by atoms with van der Waals surface area (Å²) >= 11 is 0. The fourth-order valence-corrected chi connectivity index (χ4v) is 5.96. The van der Waals surface area contributed by atoms with Crippen LogP contribution in [0, 0.1) is 25.6 Å². The molecular weight excluding hydrogens is 635 g/mol. The predicted octanol–water partition coefficient (Wildman–Crippen LogP) is 7.88. The average molecular weight is 683 g/mol. The van der Waals surface area contributed by atoms with Crippen molar-refractivity contribution in [3.05, 3.63) is 95.4 Å². The lowest BCUT2D eigenvalue weighted by Gasteiger charge is -2.29. The Morgan fingerprint density at radius 1 is 1.08 bits per heavy atom. The number of hydrogen-bond donors (Lipinski definition) is 2. The summed E-state index contributed by atoms with van der Waals surface area (Å²) in [6, 6.07) is 19.4. The minimum atomic E-state index is -0.671. The van der Waals surface area contributed by atoms with Gasteiger partial charge in [-0.05, 0) is 101 Å². The predicted molar refractivity (Wildman–Crippen MR) is 194 cm³/mol. The molecule has 5 rings (SSSR count). The molecule has 0 saturated carbocycles. The molecule has 3 aromatic carbocycles. The number of carbonyl (C=O) groups excluding carboxylic acids is 2. The molecule has 1 saturated heterocycles. The monoisotopic (exact) mass is 682 g/mol. The Kier molecular flexibility index (Phi) is 12.4. The number of halogens is 1. The van der Waals surface area contributed by atoms with Gasteiger partial charge >= 0.3 is 6.09 Å². The summed E-state index contributed by atoms with van der Waals surface area (Å²) in [5, 5.41) is 6.05. The summed E-state index contributed by atoms with van der Waals surface area (Å²) in [6.07, 6.45) is 4.65. The van der Waals surface area contributed by atoms with E-state index >= 15 is 4.39 Å². The Morgan fingerprint density at radius 3 is 2.60 bits per heavy atom. The quantitative estimate of drug-likeness (QED) is 0.147. The van der Waals surface area contributed by atoms with Crippen LogP contribution in [-0.2, 0) is 11.2 Å². The largest absolute Gasteiger partial charge is 0.490 e. The summed E-state index contributed by atoms with van der Waals surface area (Å²) < 4.78 is 26.9. The lowest BCUT2D eigenvalue weighted by atomic mass is 10.00. The Hall–Kier alpha value is -5.03. The molecule has 0 radical (unpaired) electrons. The molecule has 0 spiro atoms. The van der Waals surface area contributed by atoms with Crippen molar-refractivity contribution in [2.75, 3.05) is 37.0 Å². The first kappa shape index (κ1) is 36.3. The number of aryl methyl sites for hydroxylation is 3. The molecule has 11 heteroatoms. The lowest BCUT2D eigenvalue weighted by molar-refractivity contribution is -0.121. The highest BCUT2D eigenvalue weighted by Gasteiger charge is 2.25. The van der Waals surface area contributed by atoms with Gasteiger partial charge in [-0.3, -0.25) is 4.79 Å². The van der Waals surface area contributed by atoms with Crippen molar-refractivity contribution in [2.45, 2.75) is 65.8 Å². The molecule has 1 fully saturated rings. The molecule has 1 aliphatic heterocycles. The second-order valence-corrected chi connectivity index (χ2v) is 13.1. The molecule has 50 heavy (non-hydrogen) atoms. The first-order chi connectivity index (χ1) is 24.1. The molecule has 10 nitrogen and oxygen atoms in total. The van der Waals surface area contributed by atoms with Crippen molar-refractivity contribution in [1.29, 1.82) is 0 Å². The number of ether oxygens (including phenoxy) is 2. The van der Waals surface area contributed by atoms with E-state index in [1.165, 1.54) is 17.2 Å². The number of nitrogens with one attached hydrogen (secondary N) is 2. The topological polar surface area (TPSA) is 109 Å². The van der Waals surface area contributed by atoms with Gasteiger partial charge in [0, 0.05) is 48.9 Å². The van der Waals surface area contributed by atoms with E-state index in [0.29, 0.717) is 42.5 Å². The van der Waals surface area contributed by atoms with Crippen LogP contribution in [-0.4, -0.2) is 59.7 Å². The van der Waals surface area contributed by atoms with Crippen LogP contribution >= 0.6 is 0 Å². The zero-order chi connectivity index (χ0) is 35.6. The van der Waals surface area contributed by atoms with Gasteiger partial charge in [0.05, 0.1) is 12.3 Å². The Balaban J connectivity index is 1.37. The number of aromatic nitrogens is 2. The molecule has 2 heterocycles. The zero-order valence-corrected chi connectivity index (χ0v) is 29.5. The van der Waals surface area contributed by atoms with Gasteiger partial charge in [0.1, 0.15) is 11.6 Å². The van der Waals surface area contributed by atoms with Gasteiger partial charge in [-0.2, -0.15) is 4.98 Å². The second-order valence-electron chi connectivity index (χ2n) is 13.1. The number of benzene rings is 3. The van der Waals surface area contributed by atoms with E-state index in [9.17, 15) is 9.59 Å². The molecule has 1 aromatic heterocycles. The van der Waals surface area contributed by atoms with Crippen LogP contribution in [0.3, 0.4) is 0 Å². The second kappa shape index (κ2) is 17.1. The summed E-state index contributed by atoms with van der Waals surface area (Å²) in [6.45, 7) is 10.2. The number of hydrogen-bond acceptors (Lipinski definition) is 8. The van der Waals surface area contributed by atoms with E-state index in [2.05, 4.69) is 32.5 Å². The molecule has 1 aliphatic rings. The highest BCUT2D eigenvalue weighted by atomic mass is 19.1. The molecular formula is C39H47FN6O4. The summed E-state index contributed by atoms with van der Waals surface area (Å²) in [7, 11) is 2.09. The average Bonchev–Trinajstić information content (AvgIpc) is 3.09. The van der Waals surface area contributed by atoms with Crippen LogP contribution in [0.2, 0.25) is 0 Å². The van der Waals surface area contributed by atoms with E-state index in [-0.39, 0.29) is 29.5 Å². The SMILES string of the molecule is CCC(C)NC(=O)CCc1cccc(N(C(=O)Oc2c(C)cccc2C)c2ccnc(Nc3ccc(OCC4CCCN(C)C4)c(F)c3)n2)c1. The fraction of sp³-hybridized carbons (Fsp3) is 0.385. The first-order valence-electron chi connectivity index (χ1n) is 17.3. The third-order valence-corrected chi connectivity index (χ3v) is 8.86. The van der Waals surface area contributed by atoms with E-state index in [1.54, 1.807) is 24.3 Å². The number of likely N-dealkylation sites (tertiary alicyclic amines) is 1. The van der Waals surface area contributed by atoms with Gasteiger partial charge in [-0.25, -0.2) is 19.1 Å². The molecule has 2 amide bonds. The van der Waals surface area contributed by atoms with Crippen LogP contribution < -0.4 is 25.0 Å². The first-order valence-corrected chi connectivity index (χ1v) is 17.3. The van der Waals surface area contributed by atoms with Gasteiger partial charge in [0.2, 0.25) is 11.9 Å². The highest BCUT2D eigenvalue weighted by molar-refractivity contribution is 5.96. The molecule has 2 N–H and O–H groups in total. The minimum absolute atomic E-state index is 0.0318. The van der Waals surface area contributed by atoms with Gasteiger partial charge in [0.25, 0.3) is 0 Å². The Labute approximate surface area is 294 Å². The Morgan fingerprint density at radius 2 is 1.86 bits per heavy atom. The standard InChI is InChI=1S/C39H47FN6O4/c1-6-28(4)42-36(47)18-15-29-12-8-14-32(22-29)46(39(48)50-37-26(2)10-7-11-27(37)3)35-19-20-41-38(44-35)43-31-16-17-34(33(40)23-31)49-25-30-13-9-21-45(5)24-30/h7-8,10-12,14,16-17,19-20,22-23,28,30H,6,9,13,15,18,21,24-25H2,1-5H3,(H,42,47)(H,41,43,44). The zero-order valence-electron chi connectivity index (χ0n) is 29.5. The maximum Gasteiger partial charge on any atom is 0.425 e. The third kappa shape index (κ3) is 9.78. The summed E-state index contributed by atoms with van der Waals surface area (Å²) in [5.41, 5.74) is 3.41. The maximum atomic E-state index is 15.1. The molecule has 264 valence electrons. The van der Waals surface area contributed by atoms with Crippen LogP contribution in [0.25, 0.3) is 0 Å². The summed E-state index contributed by atoms with van der Waals surface area (Å²) in [5.74, 6) is 0.879. The van der Waals surface area contributed by atoms with Crippen molar-refractivity contribution in [1.82, 2.24) is 20.2 Å². The third-order valence-electron chi connectivity index (χ3n) is 8.86. The molecule has 0 bridgehead atoms. The molecule has 2 unspecified atom stereocenters. The van der Waals surface area contributed by atoms with Crippen LogP contribution in [0.4, 0.5) is 32.3 Å². The van der Waals surface area contributed by atoms with Crippen molar-refractivity contribution in [3.63, 3.8) is 0 Å². The number of para-hydroxylation sites is 1. The van der Waals surface area contributed by atoms with Gasteiger partial charge in [-0.15, -0.1) is 0 Å². The van der Waals surface area contributed by atoms with Gasteiger partial charge in [0.15, 0.2) is 11.6 Å². The van der Waals surface area contributed by atoms with Crippen LogP contribution in [0.15, 0.2) is 72.9 Å². The van der Waals surface area contributed by atoms with Gasteiger partial charge < -0.3 is 25.0 Å². The van der Waals surface area contributed by atoms with E-state index in [0.717, 1.165) is 49.0 Å². The van der Waals surface area contributed by atoms with Crippen molar-refractivity contribution >= 4 is 35.1 Å². The maximum absolute atomic E-state index is 15.1. The number of anilines is 4. The summed E-state index contributed by atoms with van der Waals surface area (Å²) in [4.78, 5) is 39.1. The van der Waals surface area contributed by atoms with Crippen LogP contribution in [0.1, 0.15) is 56.2 Å².